The molecule has 1 aliphatic carbocycles. The Hall–Kier alpha value is -1.34. The molecule has 4 nitrogen and oxygen atoms in total. The molecule has 0 atom stereocenters. The fourth-order valence-corrected chi connectivity index (χ4v) is 2.37. The van der Waals surface area contributed by atoms with E-state index in [2.05, 4.69) is 31.6 Å². The van der Waals surface area contributed by atoms with Crippen molar-refractivity contribution < 1.29 is 8.78 Å². The Kier molecular flexibility index (Phi) is 3.32. The van der Waals surface area contributed by atoms with Crippen LogP contribution in [-0.4, -0.2) is 21.0 Å². The van der Waals surface area contributed by atoms with Gasteiger partial charge in [0.25, 0.3) is 0 Å². The maximum absolute atomic E-state index is 13.8. The minimum absolute atomic E-state index is 0.159. The quantitative estimate of drug-likeness (QED) is 0.938. The molecule has 0 saturated heterocycles. The van der Waals surface area contributed by atoms with Gasteiger partial charge in [-0.1, -0.05) is 5.21 Å². The van der Waals surface area contributed by atoms with Crippen molar-refractivity contribution in [1.29, 1.82) is 0 Å². The highest BCUT2D eigenvalue weighted by Crippen LogP contribution is 2.25. The zero-order chi connectivity index (χ0) is 13.4. The summed E-state index contributed by atoms with van der Waals surface area (Å²) < 4.78 is 28.4. The van der Waals surface area contributed by atoms with Crippen molar-refractivity contribution >= 4 is 15.9 Å². The lowest BCUT2D eigenvalue weighted by atomic mass is 10.3. The van der Waals surface area contributed by atoms with Crippen molar-refractivity contribution in [2.75, 3.05) is 0 Å². The van der Waals surface area contributed by atoms with E-state index in [-0.39, 0.29) is 5.69 Å². The zero-order valence-corrected chi connectivity index (χ0v) is 11.5. The highest BCUT2D eigenvalue weighted by Gasteiger charge is 2.21. The topological polar surface area (TPSA) is 42.7 Å². The molecule has 1 aromatic heterocycles. The molecular formula is C12H11BrF2N4. The first-order valence-electron chi connectivity index (χ1n) is 5.93. The molecule has 0 amide bonds. The Morgan fingerprint density at radius 3 is 2.84 bits per heavy atom. The number of benzene rings is 1. The Bertz CT molecular complexity index is 587. The van der Waals surface area contributed by atoms with Crippen LogP contribution in [0.25, 0.3) is 5.69 Å². The van der Waals surface area contributed by atoms with Gasteiger partial charge in [0.05, 0.1) is 11.9 Å². The molecule has 2 aromatic rings. The van der Waals surface area contributed by atoms with Gasteiger partial charge >= 0.3 is 0 Å². The molecule has 0 bridgehead atoms. The van der Waals surface area contributed by atoms with Crippen LogP contribution in [-0.2, 0) is 6.54 Å². The van der Waals surface area contributed by atoms with Crippen LogP contribution in [0, 0.1) is 11.6 Å². The largest absolute Gasteiger partial charge is 0.308 e. The Morgan fingerprint density at radius 1 is 1.37 bits per heavy atom. The molecule has 1 N–H and O–H groups in total. The molecule has 7 heteroatoms. The highest BCUT2D eigenvalue weighted by molar-refractivity contribution is 9.10. The summed E-state index contributed by atoms with van der Waals surface area (Å²) in [6.45, 7) is 0.602. The van der Waals surface area contributed by atoms with E-state index < -0.39 is 11.6 Å². The number of nitrogens with one attached hydrogen (secondary N) is 1. The standard InChI is InChI=1S/C12H11BrF2N4/c13-10-3-7(14)4-11(15)12(10)19-6-9(17-18-19)5-16-8-1-2-8/h3-4,6,8,16H,1-2,5H2. The van der Waals surface area contributed by atoms with Crippen molar-refractivity contribution in [2.45, 2.75) is 25.4 Å². The van der Waals surface area contributed by atoms with Crippen molar-refractivity contribution in [1.82, 2.24) is 20.3 Å². The molecule has 0 aliphatic heterocycles. The van der Waals surface area contributed by atoms with Gasteiger partial charge in [0.2, 0.25) is 0 Å². The number of nitrogens with zero attached hydrogens (tertiary/aromatic N) is 3. The second-order valence-electron chi connectivity index (χ2n) is 4.53. The summed E-state index contributed by atoms with van der Waals surface area (Å²) in [5.74, 6) is -1.32. The monoisotopic (exact) mass is 328 g/mol. The molecule has 0 spiro atoms. The molecular weight excluding hydrogens is 318 g/mol. The van der Waals surface area contributed by atoms with Crippen molar-refractivity contribution in [3.63, 3.8) is 0 Å². The van der Waals surface area contributed by atoms with E-state index >= 15 is 0 Å². The van der Waals surface area contributed by atoms with E-state index in [1.165, 1.54) is 23.6 Å². The average Bonchev–Trinajstić information content (AvgIpc) is 3.05. The molecule has 1 aromatic carbocycles. The third-order valence-corrected chi connectivity index (χ3v) is 3.51. The summed E-state index contributed by atoms with van der Waals surface area (Å²) in [5.41, 5.74) is 0.883. The van der Waals surface area contributed by atoms with E-state index in [0.29, 0.717) is 17.1 Å². The fraction of sp³-hybridized carbons (Fsp3) is 0.333. The average molecular weight is 329 g/mol. The summed E-state index contributed by atoms with van der Waals surface area (Å²) in [6.07, 6.45) is 4.01. The normalized spacial score (nSPS) is 14.9. The predicted octanol–water partition coefficient (Wildman–Crippen LogP) is 2.56. The fourth-order valence-electron chi connectivity index (χ4n) is 1.78. The van der Waals surface area contributed by atoms with Crippen LogP contribution >= 0.6 is 15.9 Å². The Labute approximate surface area is 116 Å². The number of hydrogen-bond acceptors (Lipinski definition) is 3. The minimum Gasteiger partial charge on any atom is -0.308 e. The van der Waals surface area contributed by atoms with E-state index in [9.17, 15) is 8.78 Å². The molecule has 100 valence electrons. The number of halogens is 3. The summed E-state index contributed by atoms with van der Waals surface area (Å²) >= 11 is 3.13. The van der Waals surface area contributed by atoms with Crippen LogP contribution in [0.1, 0.15) is 18.5 Å². The van der Waals surface area contributed by atoms with Crippen molar-refractivity contribution in [3.05, 3.63) is 40.1 Å². The smallest absolute Gasteiger partial charge is 0.152 e. The van der Waals surface area contributed by atoms with Crippen LogP contribution in [0.5, 0.6) is 0 Å². The zero-order valence-electron chi connectivity index (χ0n) is 9.91. The van der Waals surface area contributed by atoms with Crippen molar-refractivity contribution in [2.24, 2.45) is 0 Å². The van der Waals surface area contributed by atoms with Gasteiger partial charge in [0.1, 0.15) is 11.5 Å². The number of aromatic nitrogens is 3. The molecule has 1 heterocycles. The molecule has 1 saturated carbocycles. The lowest BCUT2D eigenvalue weighted by Crippen LogP contribution is -2.15. The molecule has 1 aliphatic rings. The first-order valence-corrected chi connectivity index (χ1v) is 6.72. The Morgan fingerprint density at radius 2 is 2.16 bits per heavy atom. The highest BCUT2D eigenvalue weighted by atomic mass is 79.9. The van der Waals surface area contributed by atoms with E-state index in [4.69, 9.17) is 0 Å². The van der Waals surface area contributed by atoms with Crippen molar-refractivity contribution in [3.8, 4) is 5.69 Å². The number of hydrogen-bond donors (Lipinski definition) is 1. The molecule has 0 radical (unpaired) electrons. The predicted molar refractivity (Wildman–Crippen MR) is 68.8 cm³/mol. The van der Waals surface area contributed by atoms with Gasteiger partial charge in [-0.3, -0.25) is 0 Å². The van der Waals surface area contributed by atoms with Gasteiger partial charge in [-0.05, 0) is 34.8 Å². The first-order chi connectivity index (χ1) is 9.13. The molecule has 1 fully saturated rings. The summed E-state index contributed by atoms with van der Waals surface area (Å²) in [4.78, 5) is 0. The maximum atomic E-state index is 13.8. The Balaban J connectivity index is 1.85. The van der Waals surface area contributed by atoms with Crippen LogP contribution in [0.2, 0.25) is 0 Å². The third-order valence-electron chi connectivity index (χ3n) is 2.90. The lowest BCUT2D eigenvalue weighted by Gasteiger charge is -2.05. The lowest BCUT2D eigenvalue weighted by molar-refractivity contribution is 0.570. The van der Waals surface area contributed by atoms with E-state index in [1.54, 1.807) is 6.20 Å². The van der Waals surface area contributed by atoms with Gasteiger partial charge in [0, 0.05) is 23.1 Å². The van der Waals surface area contributed by atoms with Gasteiger partial charge in [0.15, 0.2) is 5.82 Å². The van der Waals surface area contributed by atoms with Crippen LogP contribution in [0.4, 0.5) is 8.78 Å². The second kappa shape index (κ2) is 4.97. The van der Waals surface area contributed by atoms with Gasteiger partial charge in [-0.2, -0.15) is 0 Å². The van der Waals surface area contributed by atoms with E-state index in [1.807, 2.05) is 0 Å². The molecule has 19 heavy (non-hydrogen) atoms. The van der Waals surface area contributed by atoms with E-state index in [0.717, 1.165) is 11.8 Å². The second-order valence-corrected chi connectivity index (χ2v) is 5.38. The number of rotatable bonds is 4. The van der Waals surface area contributed by atoms with Crippen LogP contribution in [0.15, 0.2) is 22.8 Å². The summed E-state index contributed by atoms with van der Waals surface area (Å²) in [7, 11) is 0. The third kappa shape index (κ3) is 2.82. The SMILES string of the molecule is Fc1cc(F)c(-n2cc(CNC3CC3)nn2)c(Br)c1. The minimum atomic E-state index is -0.682. The summed E-state index contributed by atoms with van der Waals surface area (Å²) in [6, 6.07) is 2.59. The van der Waals surface area contributed by atoms with Crippen LogP contribution in [0.3, 0.4) is 0 Å². The molecule has 3 rings (SSSR count). The van der Waals surface area contributed by atoms with Gasteiger partial charge in [-0.15, -0.1) is 5.10 Å². The van der Waals surface area contributed by atoms with Gasteiger partial charge in [-0.25, -0.2) is 13.5 Å². The first kappa shape index (κ1) is 12.7. The summed E-state index contributed by atoms with van der Waals surface area (Å²) in [5, 5.41) is 11.1. The van der Waals surface area contributed by atoms with Gasteiger partial charge < -0.3 is 5.32 Å². The maximum Gasteiger partial charge on any atom is 0.152 e. The molecule has 0 unspecified atom stereocenters. The van der Waals surface area contributed by atoms with Crippen LogP contribution < -0.4 is 5.32 Å².